The smallest absolute Gasteiger partial charge is 0.323 e. The molecule has 0 radical (unpaired) electrons. The first-order valence-electron chi connectivity index (χ1n) is 12.6. The van der Waals surface area contributed by atoms with Crippen molar-refractivity contribution in [3.05, 3.63) is 65.8 Å². The van der Waals surface area contributed by atoms with Gasteiger partial charge in [0.25, 0.3) is 5.91 Å². The minimum Gasteiger partial charge on any atom is -0.618 e. The van der Waals surface area contributed by atoms with Gasteiger partial charge < -0.3 is 15.8 Å². The molecule has 3 aromatic rings. The summed E-state index contributed by atoms with van der Waals surface area (Å²) in [4.78, 5) is 47.8. The lowest BCUT2D eigenvalue weighted by Crippen LogP contribution is -2.53. The first-order chi connectivity index (χ1) is 18.6. The monoisotopic (exact) mass is 554 g/mol. The van der Waals surface area contributed by atoms with Crippen molar-refractivity contribution in [1.29, 1.82) is 0 Å². The number of benzene rings is 1. The Morgan fingerprint density at radius 3 is 2.59 bits per heavy atom. The third-order valence-corrected chi connectivity index (χ3v) is 8.18. The maximum atomic E-state index is 13.2. The van der Waals surface area contributed by atoms with Gasteiger partial charge in [0.1, 0.15) is 11.7 Å². The molecular formula is C26H30N6O6S. The van der Waals surface area contributed by atoms with Gasteiger partial charge in [-0.25, -0.2) is 13.4 Å². The molecule has 2 atom stereocenters. The summed E-state index contributed by atoms with van der Waals surface area (Å²) in [7, 11) is -4.21. The van der Waals surface area contributed by atoms with Crippen LogP contribution in [-0.4, -0.2) is 65.5 Å². The van der Waals surface area contributed by atoms with Crippen molar-refractivity contribution < 1.29 is 27.5 Å². The van der Waals surface area contributed by atoms with E-state index in [4.69, 9.17) is 0 Å². The highest BCUT2D eigenvalue weighted by molar-refractivity contribution is 7.89. The summed E-state index contributed by atoms with van der Waals surface area (Å²) in [6, 6.07) is 9.20. The number of aromatic nitrogens is 3. The van der Waals surface area contributed by atoms with Crippen LogP contribution in [0.3, 0.4) is 0 Å². The van der Waals surface area contributed by atoms with Gasteiger partial charge in [0, 0.05) is 18.7 Å². The number of amides is 2. The molecule has 0 saturated carbocycles. The lowest BCUT2D eigenvalue weighted by molar-refractivity contribution is -0.646. The molecule has 206 valence electrons. The Morgan fingerprint density at radius 2 is 1.87 bits per heavy atom. The van der Waals surface area contributed by atoms with Gasteiger partial charge in [0.2, 0.25) is 5.91 Å². The minimum absolute atomic E-state index is 0.0160. The van der Waals surface area contributed by atoms with E-state index in [0.717, 1.165) is 10.5 Å². The molecule has 1 aromatic carbocycles. The van der Waals surface area contributed by atoms with Crippen molar-refractivity contribution in [2.24, 2.45) is 5.92 Å². The molecule has 1 unspecified atom stereocenters. The Bertz CT molecular complexity index is 1500. The number of para-hydroxylation sites is 2. The normalized spacial score (nSPS) is 17.5. The molecule has 2 amide bonds. The average Bonchev–Trinajstić information content (AvgIpc) is 3.09. The van der Waals surface area contributed by atoms with Crippen molar-refractivity contribution in [3.8, 4) is 0 Å². The zero-order valence-electron chi connectivity index (χ0n) is 21.6. The maximum Gasteiger partial charge on any atom is 0.323 e. The lowest BCUT2D eigenvalue weighted by atomic mass is 10.0. The third kappa shape index (κ3) is 6.55. The van der Waals surface area contributed by atoms with Crippen LogP contribution in [0.1, 0.15) is 43.6 Å². The van der Waals surface area contributed by atoms with Crippen LogP contribution in [0.25, 0.3) is 11.0 Å². The minimum atomic E-state index is -4.21. The molecule has 1 saturated heterocycles. The molecule has 4 rings (SSSR count). The fourth-order valence-corrected chi connectivity index (χ4v) is 5.84. The molecule has 2 N–H and O–H groups in total. The number of carbonyl (C=O) groups is 3. The van der Waals surface area contributed by atoms with Crippen LogP contribution in [0.5, 0.6) is 0 Å². The predicted octanol–water partition coefficient (Wildman–Crippen LogP) is 0.946. The SMILES string of the molecule is CC(C)CC(NC(=O)c1cnc2ccccc2n1)C(=O)N[C@H]1CCCN(S(=O)(=O)c2cccc[n+]2[O-])CC1=O. The van der Waals surface area contributed by atoms with Crippen molar-refractivity contribution in [1.82, 2.24) is 24.9 Å². The molecule has 1 fully saturated rings. The standard InChI is InChI=1S/C26H30N6O6S/c1-17(2)14-21(30-26(35)22-15-27-18-8-3-4-9-19(18)28-22)25(34)29-20-10-7-12-31(16-23(20)33)39(37,38)24-11-5-6-13-32(24)36/h3-6,8-9,11,13,15,17,20-21H,7,10,12,14,16H2,1-2H3,(H,29,34)(H,30,35)/t20-,21?/m0/s1. The molecule has 13 heteroatoms. The number of pyridine rings is 1. The number of sulfonamides is 1. The highest BCUT2D eigenvalue weighted by Gasteiger charge is 2.37. The number of ketones is 1. The van der Waals surface area contributed by atoms with Crippen LogP contribution in [0.15, 0.2) is 59.9 Å². The van der Waals surface area contributed by atoms with Crippen LogP contribution < -0.4 is 15.4 Å². The number of nitrogens with one attached hydrogen (secondary N) is 2. The van der Waals surface area contributed by atoms with Crippen LogP contribution in [0.2, 0.25) is 0 Å². The Kier molecular flexibility index (Phi) is 8.51. The zero-order valence-corrected chi connectivity index (χ0v) is 22.4. The summed E-state index contributed by atoms with van der Waals surface area (Å²) < 4.78 is 27.2. The molecular weight excluding hydrogens is 524 g/mol. The van der Waals surface area contributed by atoms with Crippen LogP contribution in [-0.2, 0) is 19.6 Å². The van der Waals surface area contributed by atoms with Gasteiger partial charge in [0.05, 0.1) is 29.8 Å². The van der Waals surface area contributed by atoms with E-state index < -0.39 is 51.3 Å². The maximum absolute atomic E-state index is 13.2. The summed E-state index contributed by atoms with van der Waals surface area (Å²) >= 11 is 0. The molecule has 0 bridgehead atoms. The van der Waals surface area contributed by atoms with E-state index >= 15 is 0 Å². The zero-order chi connectivity index (χ0) is 28.2. The highest BCUT2D eigenvalue weighted by Crippen LogP contribution is 2.18. The molecule has 0 spiro atoms. The molecule has 39 heavy (non-hydrogen) atoms. The van der Waals surface area contributed by atoms with E-state index in [1.165, 1.54) is 24.4 Å². The Morgan fingerprint density at radius 1 is 1.15 bits per heavy atom. The van der Waals surface area contributed by atoms with E-state index in [9.17, 15) is 28.0 Å². The van der Waals surface area contributed by atoms with E-state index in [-0.39, 0.29) is 35.7 Å². The van der Waals surface area contributed by atoms with Crippen molar-refractivity contribution in [2.75, 3.05) is 13.1 Å². The summed E-state index contributed by atoms with van der Waals surface area (Å²) in [6.07, 6.45) is 3.21. The number of hydrogen-bond donors (Lipinski definition) is 2. The van der Waals surface area contributed by atoms with E-state index in [1.54, 1.807) is 18.2 Å². The second-order valence-electron chi connectivity index (χ2n) is 9.77. The Labute approximate surface area is 226 Å². The second kappa shape index (κ2) is 11.8. The summed E-state index contributed by atoms with van der Waals surface area (Å²) in [5, 5.41) is 17.0. The number of hydrogen-bond acceptors (Lipinski definition) is 8. The molecule has 2 aromatic heterocycles. The Hall–Kier alpha value is -3.97. The van der Waals surface area contributed by atoms with Crippen molar-refractivity contribution in [3.63, 3.8) is 0 Å². The number of rotatable bonds is 8. The van der Waals surface area contributed by atoms with Gasteiger partial charge >= 0.3 is 15.0 Å². The topological polar surface area (TPSA) is 165 Å². The number of fused-ring (bicyclic) bond motifs is 1. The molecule has 3 heterocycles. The predicted molar refractivity (Wildman–Crippen MR) is 141 cm³/mol. The summed E-state index contributed by atoms with van der Waals surface area (Å²) in [6.45, 7) is 3.32. The number of nitrogens with zero attached hydrogens (tertiary/aromatic N) is 4. The van der Waals surface area contributed by atoms with Gasteiger partial charge in [-0.1, -0.05) is 26.0 Å². The summed E-state index contributed by atoms with van der Waals surface area (Å²) in [5.74, 6) is -1.60. The first-order valence-corrected chi connectivity index (χ1v) is 14.0. The quantitative estimate of drug-likeness (QED) is 0.307. The van der Waals surface area contributed by atoms with Crippen LogP contribution in [0, 0.1) is 11.1 Å². The van der Waals surface area contributed by atoms with Gasteiger partial charge in [-0.05, 0) is 43.4 Å². The van der Waals surface area contributed by atoms with Crippen molar-refractivity contribution in [2.45, 2.75) is 50.2 Å². The van der Waals surface area contributed by atoms with Crippen LogP contribution in [0.4, 0.5) is 0 Å². The first kappa shape index (κ1) is 28.0. The third-order valence-electron chi connectivity index (χ3n) is 6.34. The van der Waals surface area contributed by atoms with Crippen molar-refractivity contribution >= 4 is 38.7 Å². The van der Waals surface area contributed by atoms with Gasteiger partial charge in [-0.15, -0.1) is 0 Å². The number of Topliss-reactive ketones (excluding diaryl/α,β-unsaturated/α-hetero) is 1. The van der Waals surface area contributed by atoms with Gasteiger partial charge in [0.15, 0.2) is 12.0 Å². The number of carbonyl (C=O) groups excluding carboxylic acids is 3. The average molecular weight is 555 g/mol. The fourth-order valence-electron chi connectivity index (χ4n) is 4.37. The Balaban J connectivity index is 1.45. The van der Waals surface area contributed by atoms with Crippen LogP contribution >= 0.6 is 0 Å². The van der Waals surface area contributed by atoms with E-state index in [0.29, 0.717) is 17.5 Å². The molecule has 12 nitrogen and oxygen atoms in total. The van der Waals surface area contributed by atoms with E-state index in [1.807, 2.05) is 19.9 Å². The van der Waals surface area contributed by atoms with E-state index in [2.05, 4.69) is 20.6 Å². The highest BCUT2D eigenvalue weighted by atomic mass is 32.2. The fraction of sp³-hybridized carbons (Fsp3) is 0.385. The largest absolute Gasteiger partial charge is 0.618 e. The molecule has 1 aliphatic heterocycles. The molecule has 1 aliphatic rings. The van der Waals surface area contributed by atoms with Gasteiger partial charge in [-0.3, -0.25) is 19.4 Å². The second-order valence-corrected chi connectivity index (χ2v) is 11.7. The summed E-state index contributed by atoms with van der Waals surface area (Å²) in [5.41, 5.74) is 1.22. The lowest BCUT2D eigenvalue weighted by Gasteiger charge is -2.23. The molecule has 0 aliphatic carbocycles. The van der Waals surface area contributed by atoms with Gasteiger partial charge in [-0.2, -0.15) is 9.04 Å².